The second kappa shape index (κ2) is 8.88. The number of carbonyl (C=O) groups excluding carboxylic acids is 1. The highest BCUT2D eigenvalue weighted by atomic mass is 19.1. The molecule has 1 aliphatic heterocycles. The van der Waals surface area contributed by atoms with Crippen LogP contribution in [0.5, 0.6) is 5.75 Å². The topological polar surface area (TPSA) is 102 Å². The van der Waals surface area contributed by atoms with Crippen LogP contribution in [0.15, 0.2) is 54.7 Å². The number of aryl methyl sites for hydroxylation is 1. The summed E-state index contributed by atoms with van der Waals surface area (Å²) in [5.41, 5.74) is 13.0. The molecule has 3 atom stereocenters. The molecule has 8 rings (SSSR count). The third kappa shape index (κ3) is 3.86. The zero-order valence-electron chi connectivity index (χ0n) is 22.8. The van der Waals surface area contributed by atoms with Crippen molar-refractivity contribution in [2.24, 2.45) is 17.6 Å². The fourth-order valence-corrected chi connectivity index (χ4v) is 6.89. The van der Waals surface area contributed by atoms with Gasteiger partial charge in [0.2, 0.25) is 0 Å². The van der Waals surface area contributed by atoms with Gasteiger partial charge in [-0.2, -0.15) is 5.10 Å². The van der Waals surface area contributed by atoms with Gasteiger partial charge in [-0.25, -0.2) is 13.9 Å². The van der Waals surface area contributed by atoms with E-state index in [1.165, 1.54) is 25.0 Å². The number of hydrogen-bond acceptors (Lipinski definition) is 5. The fourth-order valence-electron chi connectivity index (χ4n) is 6.89. The summed E-state index contributed by atoms with van der Waals surface area (Å²) in [5.74, 6) is -0.0269. The predicted octanol–water partition coefficient (Wildman–Crippen LogP) is 5.14. The normalized spacial score (nSPS) is 21.9. The molecular formula is C32H31FN6O2. The first-order valence-electron chi connectivity index (χ1n) is 14.4. The van der Waals surface area contributed by atoms with Crippen LogP contribution in [-0.2, 0) is 6.54 Å². The van der Waals surface area contributed by atoms with E-state index in [2.05, 4.69) is 17.6 Å². The summed E-state index contributed by atoms with van der Waals surface area (Å²) in [5, 5.41) is 15.9. The number of piperidine rings is 1. The Bertz CT molecular complexity index is 1870. The van der Waals surface area contributed by atoms with Crippen molar-refractivity contribution in [2.45, 2.75) is 51.2 Å². The van der Waals surface area contributed by atoms with Crippen molar-refractivity contribution in [3.05, 3.63) is 71.7 Å². The Morgan fingerprint density at radius 1 is 1.10 bits per heavy atom. The molecule has 41 heavy (non-hydrogen) atoms. The largest absolute Gasteiger partial charge is 0.505 e. The molecule has 1 amide bonds. The molecule has 1 saturated heterocycles. The number of phenols is 1. The molecule has 4 aromatic heterocycles. The van der Waals surface area contributed by atoms with E-state index in [0.717, 1.165) is 59.4 Å². The van der Waals surface area contributed by atoms with Crippen LogP contribution >= 0.6 is 0 Å². The average Bonchev–Trinajstić information content (AvgIpc) is 3.39. The quantitative estimate of drug-likeness (QED) is 0.316. The summed E-state index contributed by atoms with van der Waals surface area (Å²) in [4.78, 5) is 20.4. The first-order chi connectivity index (χ1) is 19.9. The molecular weight excluding hydrogens is 519 g/mol. The number of hydrogen-bond donors (Lipinski definition) is 2. The Labute approximate surface area is 236 Å². The number of amides is 1. The number of aromatic hydroxyl groups is 1. The Morgan fingerprint density at radius 2 is 1.95 bits per heavy atom. The summed E-state index contributed by atoms with van der Waals surface area (Å²) < 4.78 is 17.8. The molecule has 1 aromatic carbocycles. The summed E-state index contributed by atoms with van der Waals surface area (Å²) in [6.45, 7) is 3.63. The Balaban J connectivity index is 1.20. The SMILES string of the molecule is Cc1c(-c2cc3ccc(-c4ccc(F)c(O)c4)nc3n2CC2CC2)nn2cc(C(=O)N3CC4CCC3[C@@H]4N)ccc12. The third-order valence-electron chi connectivity index (χ3n) is 9.40. The van der Waals surface area contributed by atoms with Gasteiger partial charge in [0, 0.05) is 47.9 Å². The van der Waals surface area contributed by atoms with Gasteiger partial charge in [0.15, 0.2) is 11.6 Å². The average molecular weight is 551 g/mol. The molecule has 2 bridgehead atoms. The van der Waals surface area contributed by atoms with E-state index in [4.69, 9.17) is 15.8 Å². The summed E-state index contributed by atoms with van der Waals surface area (Å²) in [6, 6.07) is 14.4. The van der Waals surface area contributed by atoms with Crippen molar-refractivity contribution in [1.29, 1.82) is 0 Å². The number of fused-ring (bicyclic) bond motifs is 4. The molecule has 3 N–H and O–H groups in total. The number of rotatable bonds is 5. The van der Waals surface area contributed by atoms with Crippen molar-refractivity contribution in [2.75, 3.05) is 6.54 Å². The molecule has 2 aliphatic carbocycles. The number of likely N-dealkylation sites (tertiary alicyclic amines) is 1. The maximum absolute atomic E-state index is 13.7. The van der Waals surface area contributed by atoms with E-state index in [-0.39, 0.29) is 18.0 Å². The maximum atomic E-state index is 13.7. The molecule has 2 saturated carbocycles. The Kier molecular flexibility index (Phi) is 5.32. The second-order valence-electron chi connectivity index (χ2n) is 12.0. The van der Waals surface area contributed by atoms with Crippen molar-refractivity contribution >= 4 is 22.5 Å². The molecule has 2 unspecified atom stereocenters. The minimum absolute atomic E-state index is 0.0238. The van der Waals surface area contributed by atoms with Gasteiger partial charge in [-0.1, -0.05) is 0 Å². The standard InChI is InChI=1S/C32H31FN6O2/c1-17-25-10-7-22(32(41)38-15-21-6-11-26(38)29(21)34)16-39(25)36-30(17)27-12-20-5-9-24(19-4-8-23(33)28(40)13-19)35-31(20)37(27)14-18-2-3-18/h4-5,7-10,12-13,16,18,21,26,29,40H,2-3,6,11,14-15,34H2,1H3/t21?,26?,29-/m1/s1. The summed E-state index contributed by atoms with van der Waals surface area (Å²) in [6.07, 6.45) is 6.30. The summed E-state index contributed by atoms with van der Waals surface area (Å²) in [7, 11) is 0. The third-order valence-corrected chi connectivity index (χ3v) is 9.40. The molecule has 9 heteroatoms. The highest BCUT2D eigenvalue weighted by Gasteiger charge is 2.46. The van der Waals surface area contributed by atoms with Gasteiger partial charge < -0.3 is 20.3 Å². The van der Waals surface area contributed by atoms with Gasteiger partial charge in [0.1, 0.15) is 11.3 Å². The lowest BCUT2D eigenvalue weighted by molar-refractivity contribution is 0.0700. The van der Waals surface area contributed by atoms with Gasteiger partial charge >= 0.3 is 0 Å². The van der Waals surface area contributed by atoms with Crippen LogP contribution in [0.25, 0.3) is 39.2 Å². The van der Waals surface area contributed by atoms with Gasteiger partial charge in [-0.15, -0.1) is 0 Å². The zero-order valence-corrected chi connectivity index (χ0v) is 22.8. The van der Waals surface area contributed by atoms with Crippen LogP contribution in [-0.4, -0.2) is 53.7 Å². The second-order valence-corrected chi connectivity index (χ2v) is 12.0. The molecule has 5 aromatic rings. The van der Waals surface area contributed by atoms with Gasteiger partial charge in [0.25, 0.3) is 5.91 Å². The van der Waals surface area contributed by atoms with Crippen LogP contribution in [0.3, 0.4) is 0 Å². The lowest BCUT2D eigenvalue weighted by Crippen LogP contribution is -2.41. The van der Waals surface area contributed by atoms with E-state index in [0.29, 0.717) is 28.7 Å². The van der Waals surface area contributed by atoms with Gasteiger partial charge in [-0.3, -0.25) is 4.79 Å². The van der Waals surface area contributed by atoms with Crippen LogP contribution in [0.1, 0.15) is 41.6 Å². The van der Waals surface area contributed by atoms with Crippen LogP contribution < -0.4 is 5.73 Å². The number of nitrogens with two attached hydrogens (primary N) is 1. The lowest BCUT2D eigenvalue weighted by Gasteiger charge is -2.27. The Hall–Kier alpha value is -4.24. The highest BCUT2D eigenvalue weighted by Crippen LogP contribution is 2.39. The first-order valence-corrected chi connectivity index (χ1v) is 14.4. The molecule has 0 radical (unpaired) electrons. The Morgan fingerprint density at radius 3 is 2.68 bits per heavy atom. The molecule has 0 spiro atoms. The van der Waals surface area contributed by atoms with Crippen molar-refractivity contribution in [3.63, 3.8) is 0 Å². The van der Waals surface area contributed by atoms with Crippen LogP contribution in [0, 0.1) is 24.6 Å². The van der Waals surface area contributed by atoms with E-state index in [9.17, 15) is 14.3 Å². The van der Waals surface area contributed by atoms with Crippen molar-refractivity contribution in [3.8, 4) is 28.4 Å². The highest BCUT2D eigenvalue weighted by molar-refractivity contribution is 5.95. The van der Waals surface area contributed by atoms with E-state index < -0.39 is 11.6 Å². The number of halogens is 1. The van der Waals surface area contributed by atoms with Crippen LogP contribution in [0.2, 0.25) is 0 Å². The minimum Gasteiger partial charge on any atom is -0.505 e. The van der Waals surface area contributed by atoms with E-state index in [1.807, 2.05) is 39.9 Å². The molecule has 5 heterocycles. The van der Waals surface area contributed by atoms with Crippen molar-refractivity contribution in [1.82, 2.24) is 24.1 Å². The van der Waals surface area contributed by atoms with E-state index >= 15 is 0 Å². The molecule has 208 valence electrons. The lowest BCUT2D eigenvalue weighted by atomic mass is 10.1. The van der Waals surface area contributed by atoms with E-state index in [1.54, 1.807) is 6.07 Å². The molecule has 8 nitrogen and oxygen atoms in total. The van der Waals surface area contributed by atoms with Gasteiger partial charge in [-0.05, 0) is 93.0 Å². The van der Waals surface area contributed by atoms with Crippen molar-refractivity contribution < 1.29 is 14.3 Å². The number of carbonyl (C=O) groups is 1. The number of aromatic nitrogens is 4. The fraction of sp³-hybridized carbons (Fsp3) is 0.344. The summed E-state index contributed by atoms with van der Waals surface area (Å²) >= 11 is 0. The van der Waals surface area contributed by atoms with Crippen LogP contribution in [0.4, 0.5) is 4.39 Å². The number of phenolic OH excluding ortho intramolecular Hbond substituents is 1. The predicted molar refractivity (Wildman–Crippen MR) is 154 cm³/mol. The first kappa shape index (κ1) is 24.5. The number of benzene rings is 1. The smallest absolute Gasteiger partial charge is 0.255 e. The molecule has 3 aliphatic rings. The monoisotopic (exact) mass is 550 g/mol. The minimum atomic E-state index is -0.655. The molecule has 3 fully saturated rings. The maximum Gasteiger partial charge on any atom is 0.255 e. The number of nitrogens with zero attached hydrogens (tertiary/aromatic N) is 5. The van der Waals surface area contributed by atoms with Gasteiger partial charge in [0.05, 0.1) is 22.5 Å². The number of pyridine rings is 2. The zero-order chi connectivity index (χ0) is 28.0.